The van der Waals surface area contributed by atoms with Gasteiger partial charge in [0, 0.05) is 55.0 Å². The van der Waals surface area contributed by atoms with E-state index in [1.807, 2.05) is 0 Å². The van der Waals surface area contributed by atoms with Crippen LogP contribution >= 0.6 is 0 Å². The number of esters is 1. The summed E-state index contributed by atoms with van der Waals surface area (Å²) >= 11 is 0. The summed E-state index contributed by atoms with van der Waals surface area (Å²) in [6.45, 7) is 5.36. The number of carboxylic acid groups (broad SMARTS) is 1. The number of nitrogens with zero attached hydrogens (tertiary/aromatic N) is 2. The number of primary amides is 1. The number of nitrogens with one attached hydrogen (secondary N) is 2. The molecule has 5 atom stereocenters. The van der Waals surface area contributed by atoms with Crippen molar-refractivity contribution in [3.8, 4) is 0 Å². The van der Waals surface area contributed by atoms with Crippen molar-refractivity contribution < 1.29 is 53.1 Å². The first-order chi connectivity index (χ1) is 28.8. The molecule has 0 bridgehead atoms. The summed E-state index contributed by atoms with van der Waals surface area (Å²) < 4.78 is 4.61. The number of ether oxygens (including phenoxy) is 1. The Hall–Kier alpha value is -5.48. The third-order valence-corrected chi connectivity index (χ3v) is 12.5. The molecule has 334 valence electrons. The van der Waals surface area contributed by atoms with Crippen molar-refractivity contribution in [1.29, 1.82) is 0 Å². The van der Waals surface area contributed by atoms with Crippen molar-refractivity contribution in [3.05, 3.63) is 51.6 Å². The normalized spacial score (nSPS) is 19.4. The van der Waals surface area contributed by atoms with Gasteiger partial charge < -0.3 is 31.1 Å². The van der Waals surface area contributed by atoms with Gasteiger partial charge in [0.25, 0.3) is 5.69 Å². The van der Waals surface area contributed by atoms with Crippen molar-refractivity contribution in [2.24, 2.45) is 34.8 Å². The van der Waals surface area contributed by atoms with E-state index in [1.54, 1.807) is 20.8 Å². The molecule has 61 heavy (non-hydrogen) atoms. The van der Waals surface area contributed by atoms with E-state index in [-0.39, 0.29) is 49.0 Å². The van der Waals surface area contributed by atoms with Gasteiger partial charge in [0.1, 0.15) is 12.1 Å². The fourth-order valence-electron chi connectivity index (χ4n) is 8.83. The van der Waals surface area contributed by atoms with E-state index >= 15 is 0 Å². The maximum Gasteiger partial charge on any atom is 0.336 e. The van der Waals surface area contributed by atoms with Crippen molar-refractivity contribution in [2.45, 2.75) is 135 Å². The Morgan fingerprint density at radius 3 is 2.07 bits per heavy atom. The average molecular weight is 852 g/mol. The number of carboxylic acids is 1. The number of Topliss-reactive ketones (excluding diaryl/α,β-unsaturated/α-hetero) is 2. The molecule has 1 aliphatic heterocycles. The minimum atomic E-state index is -1.58. The average Bonchev–Trinajstić information content (AvgIpc) is 3.20. The van der Waals surface area contributed by atoms with Crippen molar-refractivity contribution in [2.75, 3.05) is 13.7 Å². The van der Waals surface area contributed by atoms with Gasteiger partial charge in [-0.3, -0.25) is 38.9 Å². The lowest BCUT2D eigenvalue weighted by Gasteiger charge is -2.45. The summed E-state index contributed by atoms with van der Waals surface area (Å²) in [4.78, 5) is 118. The molecule has 1 heterocycles. The molecular weight excluding hydrogens is 791 g/mol. The largest absolute Gasteiger partial charge is 0.478 e. The Bertz CT molecular complexity index is 1860. The van der Waals surface area contributed by atoms with Crippen LogP contribution < -0.4 is 16.4 Å². The van der Waals surface area contributed by atoms with Crippen LogP contribution in [-0.2, 0) is 33.5 Å². The predicted molar refractivity (Wildman–Crippen MR) is 222 cm³/mol. The number of likely N-dealkylation sites (tertiary alicyclic amines) is 1. The quantitative estimate of drug-likeness (QED) is 0.0452. The number of carbonyl (C=O) groups excluding carboxylic acids is 7. The zero-order chi connectivity index (χ0) is 45.0. The number of benzene rings is 1. The Labute approximate surface area is 356 Å². The van der Waals surface area contributed by atoms with Crippen molar-refractivity contribution in [3.63, 3.8) is 0 Å². The number of non-ortho nitro benzene ring substituents is 1. The van der Waals surface area contributed by atoms with Gasteiger partial charge in [-0.25, -0.2) is 9.59 Å². The van der Waals surface area contributed by atoms with Crippen LogP contribution in [-0.4, -0.2) is 93.8 Å². The van der Waals surface area contributed by atoms with Crippen molar-refractivity contribution in [1.82, 2.24) is 15.5 Å². The number of rotatable bonds is 20. The second kappa shape index (κ2) is 21.9. The monoisotopic (exact) mass is 851 g/mol. The smallest absolute Gasteiger partial charge is 0.336 e. The SMILES string of the molecule is COC(=O)/C=C/CC[C@H](CC(=O)c1ccc([N+](=O)[O-])cc1C(=O)O)C(=O)N[C@H](C(=O)N1CC[C@H]1C(=O)N[C@H](C(=O)C[C@H](C(N)=O)C1CCCCC1)C1CCCCC1)C(C)(C)C. The number of nitrogens with two attached hydrogens (primary N) is 1. The topological polar surface area (TPSA) is 262 Å². The standard InChI is InChI=1S/C44H61N5O12/c1-44(2,3)38(47-40(54)28(17-11-12-18-36(52)61-4)23-34(50)30-20-19-29(49(59)60)24-32(30)43(57)58)42(56)48-22-21-33(48)41(55)46-37(27-15-9-6-10-16-27)35(51)25-31(39(45)53)26-13-7-5-8-14-26/h12,18-20,24,26-28,31,33,37-38H,5-11,13-17,21-23,25H2,1-4H3,(H2,45,53)(H,46,55)(H,47,54)(H,57,58)/b18-12+/t28-,31+,33+,37+,38-/m1/s1. The molecule has 4 amide bonds. The third kappa shape index (κ3) is 13.0. The van der Waals surface area contributed by atoms with Crippen LogP contribution in [0.5, 0.6) is 0 Å². The minimum Gasteiger partial charge on any atom is -0.478 e. The second-order valence-electron chi connectivity index (χ2n) is 17.7. The van der Waals surface area contributed by atoms with E-state index in [0.717, 1.165) is 88.5 Å². The Morgan fingerprint density at radius 1 is 0.918 bits per heavy atom. The molecule has 3 fully saturated rings. The fraction of sp³-hybridized carbons (Fsp3) is 0.636. The number of allylic oxidation sites excluding steroid dienone is 1. The molecule has 1 saturated heterocycles. The van der Waals surface area contributed by atoms with Gasteiger partial charge in [0.2, 0.25) is 23.6 Å². The zero-order valence-corrected chi connectivity index (χ0v) is 35.7. The highest BCUT2D eigenvalue weighted by molar-refractivity contribution is 6.07. The molecule has 2 saturated carbocycles. The van der Waals surface area contributed by atoms with E-state index in [2.05, 4.69) is 15.4 Å². The van der Waals surface area contributed by atoms with Gasteiger partial charge >= 0.3 is 11.9 Å². The van der Waals surface area contributed by atoms with Crippen LogP contribution in [0.4, 0.5) is 5.69 Å². The lowest BCUT2D eigenvalue weighted by molar-refractivity contribution is -0.384. The molecule has 0 spiro atoms. The molecule has 17 nitrogen and oxygen atoms in total. The Kier molecular flexibility index (Phi) is 17.3. The van der Waals surface area contributed by atoms with Gasteiger partial charge in [0.05, 0.1) is 23.6 Å². The van der Waals surface area contributed by atoms with E-state index < -0.39 is 99.3 Å². The van der Waals surface area contributed by atoms with Gasteiger partial charge in [-0.15, -0.1) is 0 Å². The molecule has 1 aromatic carbocycles. The first-order valence-electron chi connectivity index (χ1n) is 21.4. The number of ketones is 2. The van der Waals surface area contributed by atoms with Crippen molar-refractivity contribution >= 4 is 52.8 Å². The number of nitro benzene ring substituents is 1. The van der Waals surface area contributed by atoms with Gasteiger partial charge in [-0.2, -0.15) is 0 Å². The molecule has 4 rings (SSSR count). The number of nitro groups is 1. The molecule has 0 unspecified atom stereocenters. The van der Waals surface area contributed by atoms with Crippen LogP contribution in [0, 0.1) is 39.2 Å². The first kappa shape index (κ1) is 48.2. The summed E-state index contributed by atoms with van der Waals surface area (Å²) in [7, 11) is 1.19. The minimum absolute atomic E-state index is 0.0146. The van der Waals surface area contributed by atoms with Gasteiger partial charge in [-0.05, 0) is 68.3 Å². The van der Waals surface area contributed by atoms with Gasteiger partial charge in [-0.1, -0.05) is 65.4 Å². The number of amides is 4. The highest BCUT2D eigenvalue weighted by Gasteiger charge is 2.46. The molecule has 0 radical (unpaired) electrons. The highest BCUT2D eigenvalue weighted by atomic mass is 16.6. The first-order valence-corrected chi connectivity index (χ1v) is 21.4. The number of hydrogen-bond donors (Lipinski definition) is 4. The second-order valence-corrected chi connectivity index (χ2v) is 17.7. The Balaban J connectivity index is 1.54. The molecule has 5 N–H and O–H groups in total. The van der Waals surface area contributed by atoms with E-state index in [9.17, 15) is 53.6 Å². The molecule has 2 aliphatic carbocycles. The summed E-state index contributed by atoms with van der Waals surface area (Å²) in [5, 5.41) is 26.8. The predicted octanol–water partition coefficient (Wildman–Crippen LogP) is 4.83. The summed E-state index contributed by atoms with van der Waals surface area (Å²) in [5.74, 6) is -7.44. The van der Waals surface area contributed by atoms with E-state index in [0.29, 0.717) is 6.42 Å². The lowest BCUT2D eigenvalue weighted by Crippen LogP contribution is -2.66. The lowest BCUT2D eigenvalue weighted by atomic mass is 9.75. The number of aromatic carboxylic acids is 1. The number of methoxy groups -OCH3 is 1. The van der Waals surface area contributed by atoms with Crippen LogP contribution in [0.25, 0.3) is 0 Å². The summed E-state index contributed by atoms with van der Waals surface area (Å²) in [6.07, 6.45) is 11.3. The fourth-order valence-corrected chi connectivity index (χ4v) is 8.83. The molecule has 3 aliphatic rings. The maximum atomic E-state index is 14.3. The molecule has 0 aromatic heterocycles. The maximum absolute atomic E-state index is 14.3. The summed E-state index contributed by atoms with van der Waals surface area (Å²) in [6, 6.07) is -0.208. The molecule has 1 aromatic rings. The zero-order valence-electron chi connectivity index (χ0n) is 35.7. The van der Waals surface area contributed by atoms with Crippen LogP contribution in [0.1, 0.15) is 138 Å². The molecular formula is C44H61N5O12. The number of hydrogen-bond acceptors (Lipinski definition) is 11. The Morgan fingerprint density at radius 2 is 1.54 bits per heavy atom. The van der Waals surface area contributed by atoms with Gasteiger partial charge in [0.15, 0.2) is 11.6 Å². The van der Waals surface area contributed by atoms with Crippen LogP contribution in [0.2, 0.25) is 0 Å². The highest BCUT2D eigenvalue weighted by Crippen LogP contribution is 2.35. The number of carbonyl (C=O) groups is 8. The summed E-state index contributed by atoms with van der Waals surface area (Å²) in [5.41, 5.74) is 3.43. The molecule has 17 heteroatoms. The van der Waals surface area contributed by atoms with E-state index in [1.165, 1.54) is 18.1 Å². The van der Waals surface area contributed by atoms with E-state index in [4.69, 9.17) is 5.73 Å². The third-order valence-electron chi connectivity index (χ3n) is 12.5. The van der Waals surface area contributed by atoms with Crippen LogP contribution in [0.3, 0.4) is 0 Å². The van der Waals surface area contributed by atoms with Crippen LogP contribution in [0.15, 0.2) is 30.4 Å².